The van der Waals surface area contributed by atoms with Crippen molar-refractivity contribution >= 4 is 26.9 Å². The highest BCUT2D eigenvalue weighted by atomic mass is 32.2. The molecule has 2 aromatic rings. The molecule has 2 atom stereocenters. The van der Waals surface area contributed by atoms with Crippen LogP contribution in [0.15, 0.2) is 29.4 Å². The second-order valence-electron chi connectivity index (χ2n) is 8.91. The average molecular weight is 446 g/mol. The van der Waals surface area contributed by atoms with E-state index < -0.39 is 27.5 Å². The quantitative estimate of drug-likeness (QED) is 0.664. The maximum atomic E-state index is 14.7. The van der Waals surface area contributed by atoms with Crippen molar-refractivity contribution in [2.24, 2.45) is 5.92 Å². The van der Waals surface area contributed by atoms with E-state index in [4.69, 9.17) is 11.2 Å². The van der Waals surface area contributed by atoms with Gasteiger partial charge in [0.1, 0.15) is 5.60 Å². The van der Waals surface area contributed by atoms with Gasteiger partial charge in [0, 0.05) is 42.2 Å². The molecule has 0 unspecified atom stereocenters. The van der Waals surface area contributed by atoms with Gasteiger partial charge in [-0.3, -0.25) is 4.98 Å². The van der Waals surface area contributed by atoms with Gasteiger partial charge in [0.05, 0.1) is 17.1 Å². The number of carbonyl (C=O) groups is 1. The lowest BCUT2D eigenvalue weighted by atomic mass is 10.1. The Morgan fingerprint density at radius 2 is 2.03 bits per heavy atom. The highest BCUT2D eigenvalue weighted by molar-refractivity contribution is 7.89. The Balaban J connectivity index is 1.67. The van der Waals surface area contributed by atoms with E-state index in [9.17, 15) is 17.6 Å². The number of halogens is 1. The van der Waals surface area contributed by atoms with Crippen LogP contribution in [0.4, 0.5) is 9.18 Å². The van der Waals surface area contributed by atoms with Crippen LogP contribution in [0.25, 0.3) is 10.8 Å². The number of fused-ring (bicyclic) bond motifs is 2. The molecule has 0 N–H and O–H groups in total. The molecule has 2 aliphatic rings. The normalized spacial score (nSPS) is 21.8. The van der Waals surface area contributed by atoms with E-state index in [1.54, 1.807) is 25.7 Å². The minimum atomic E-state index is -4.02. The van der Waals surface area contributed by atoms with Gasteiger partial charge in [0.15, 0.2) is 5.82 Å². The number of rotatable bonds is 2. The summed E-state index contributed by atoms with van der Waals surface area (Å²) in [5, 5.41) is 0.213. The van der Waals surface area contributed by atoms with Gasteiger partial charge >= 0.3 is 6.09 Å². The van der Waals surface area contributed by atoms with Crippen molar-refractivity contribution in [3.63, 3.8) is 0 Å². The molecule has 0 spiro atoms. The summed E-state index contributed by atoms with van der Waals surface area (Å²) in [4.78, 5) is 17.8. The summed E-state index contributed by atoms with van der Waals surface area (Å²) in [6.45, 7) is 6.29. The third-order valence-electron chi connectivity index (χ3n) is 5.75. The van der Waals surface area contributed by atoms with Crippen LogP contribution in [-0.2, 0) is 14.8 Å². The summed E-state index contributed by atoms with van der Waals surface area (Å²) in [6.07, 6.45) is 8.08. The first-order valence-electron chi connectivity index (χ1n) is 10.1. The fourth-order valence-electron chi connectivity index (χ4n) is 4.37. The number of sulfonamides is 1. The number of pyridine rings is 1. The molecule has 0 aliphatic carbocycles. The summed E-state index contributed by atoms with van der Waals surface area (Å²) >= 11 is 0. The van der Waals surface area contributed by atoms with Crippen molar-refractivity contribution in [3.05, 3.63) is 35.9 Å². The zero-order chi connectivity index (χ0) is 22.6. The first kappa shape index (κ1) is 21.5. The first-order valence-corrected chi connectivity index (χ1v) is 11.5. The van der Waals surface area contributed by atoms with E-state index in [2.05, 4.69) is 10.9 Å². The van der Waals surface area contributed by atoms with E-state index in [1.165, 1.54) is 22.6 Å². The molecule has 7 nitrogen and oxygen atoms in total. The van der Waals surface area contributed by atoms with Crippen LogP contribution < -0.4 is 0 Å². The third kappa shape index (κ3) is 3.75. The Kier molecular flexibility index (Phi) is 5.18. The van der Waals surface area contributed by atoms with E-state index in [-0.39, 0.29) is 40.7 Å². The van der Waals surface area contributed by atoms with E-state index in [0.717, 1.165) is 6.20 Å². The molecule has 1 aromatic carbocycles. The lowest BCUT2D eigenvalue weighted by molar-refractivity contribution is 0.0223. The summed E-state index contributed by atoms with van der Waals surface area (Å²) in [5.41, 5.74) is -0.265. The Morgan fingerprint density at radius 3 is 2.71 bits per heavy atom. The summed E-state index contributed by atoms with van der Waals surface area (Å²) in [7, 11) is -4.02. The van der Waals surface area contributed by atoms with E-state index in [0.29, 0.717) is 18.5 Å². The fourth-order valence-corrected chi connectivity index (χ4v) is 6.09. The summed E-state index contributed by atoms with van der Waals surface area (Å²) in [5.74, 6) is 1.70. The van der Waals surface area contributed by atoms with Crippen LogP contribution in [0.1, 0.15) is 32.8 Å². The Bertz CT molecular complexity index is 1200. The number of nitrogens with zero attached hydrogens (tertiary/aromatic N) is 3. The fraction of sp³-hybridized carbons (Fsp3) is 0.455. The number of terminal acetylenes is 1. The zero-order valence-corrected chi connectivity index (χ0v) is 18.4. The molecule has 1 amide bonds. The molecule has 2 fully saturated rings. The molecule has 9 heteroatoms. The minimum absolute atomic E-state index is 0.00468. The molecule has 0 radical (unpaired) electrons. The van der Waals surface area contributed by atoms with Gasteiger partial charge in [-0.2, -0.15) is 4.31 Å². The second-order valence-corrected chi connectivity index (χ2v) is 10.8. The molecule has 1 aromatic heterocycles. The SMILES string of the molecule is C#Cc1ccc(S(=O)(=O)N2C[C@@H]3CCN(C(=O)OC(C)(C)C)[C@@H]3C2)c2c(F)cncc12. The number of ether oxygens (including phenoxy) is 1. The monoisotopic (exact) mass is 445 g/mol. The predicted octanol–water partition coefficient (Wildman–Crippen LogP) is 2.99. The van der Waals surface area contributed by atoms with Crippen molar-refractivity contribution in [1.29, 1.82) is 0 Å². The van der Waals surface area contributed by atoms with Gasteiger partial charge in [-0.15, -0.1) is 6.42 Å². The van der Waals surface area contributed by atoms with Crippen LogP contribution in [-0.4, -0.2) is 60.0 Å². The number of hydrogen-bond acceptors (Lipinski definition) is 5. The van der Waals surface area contributed by atoms with Crippen LogP contribution in [0.5, 0.6) is 0 Å². The first-order chi connectivity index (χ1) is 14.5. The molecule has 31 heavy (non-hydrogen) atoms. The molecule has 4 rings (SSSR count). The molecular weight excluding hydrogens is 421 g/mol. The molecule has 2 saturated heterocycles. The predicted molar refractivity (Wildman–Crippen MR) is 113 cm³/mol. The topological polar surface area (TPSA) is 79.8 Å². The molecule has 0 bridgehead atoms. The smallest absolute Gasteiger partial charge is 0.410 e. The zero-order valence-electron chi connectivity index (χ0n) is 17.6. The maximum absolute atomic E-state index is 14.7. The molecule has 164 valence electrons. The Hall–Kier alpha value is -2.70. The molecule has 3 heterocycles. The standard InChI is InChI=1S/C22H24FN3O4S/c1-5-14-6-7-19(20-16(14)10-24-11-17(20)23)31(28,29)25-12-15-8-9-26(18(15)13-25)21(27)30-22(2,3)4/h1,6-7,10-11,15,18H,8-9,12-13H2,2-4H3/t15-,18+/m0/s1. The van der Waals surface area contributed by atoms with Crippen molar-refractivity contribution in [2.75, 3.05) is 19.6 Å². The number of benzene rings is 1. The largest absolute Gasteiger partial charge is 0.444 e. The van der Waals surface area contributed by atoms with E-state index >= 15 is 0 Å². The van der Waals surface area contributed by atoms with E-state index in [1.807, 2.05) is 0 Å². The van der Waals surface area contributed by atoms with Gasteiger partial charge in [-0.1, -0.05) is 5.92 Å². The van der Waals surface area contributed by atoms with Crippen LogP contribution >= 0.6 is 0 Å². The highest BCUT2D eigenvalue weighted by Crippen LogP contribution is 2.37. The lowest BCUT2D eigenvalue weighted by Crippen LogP contribution is -2.43. The number of hydrogen-bond donors (Lipinski definition) is 0. The van der Waals surface area contributed by atoms with Crippen LogP contribution in [0.3, 0.4) is 0 Å². The average Bonchev–Trinajstić information content (AvgIpc) is 3.27. The Labute approximate surface area is 181 Å². The van der Waals surface area contributed by atoms with Crippen molar-refractivity contribution in [3.8, 4) is 12.3 Å². The highest BCUT2D eigenvalue weighted by Gasteiger charge is 2.48. The van der Waals surface area contributed by atoms with Gasteiger partial charge in [0.2, 0.25) is 10.0 Å². The van der Waals surface area contributed by atoms with Crippen LogP contribution in [0.2, 0.25) is 0 Å². The summed E-state index contributed by atoms with van der Waals surface area (Å²) < 4.78 is 48.4. The van der Waals surface area contributed by atoms with Crippen molar-refractivity contribution in [1.82, 2.24) is 14.2 Å². The van der Waals surface area contributed by atoms with Crippen molar-refractivity contribution in [2.45, 2.75) is 43.7 Å². The number of amides is 1. The van der Waals surface area contributed by atoms with Gasteiger partial charge < -0.3 is 9.64 Å². The minimum Gasteiger partial charge on any atom is -0.444 e. The third-order valence-corrected chi connectivity index (χ3v) is 7.63. The van der Waals surface area contributed by atoms with Crippen LogP contribution in [0, 0.1) is 24.1 Å². The number of aromatic nitrogens is 1. The lowest BCUT2D eigenvalue weighted by Gasteiger charge is -2.28. The van der Waals surface area contributed by atoms with Gasteiger partial charge in [-0.25, -0.2) is 17.6 Å². The molecular formula is C22H24FN3O4S. The van der Waals surface area contributed by atoms with Crippen molar-refractivity contribution < 1.29 is 22.3 Å². The number of likely N-dealkylation sites (tertiary alicyclic amines) is 1. The maximum Gasteiger partial charge on any atom is 0.410 e. The Morgan fingerprint density at radius 1 is 1.29 bits per heavy atom. The van der Waals surface area contributed by atoms with Gasteiger partial charge in [0.25, 0.3) is 0 Å². The molecule has 2 aliphatic heterocycles. The second kappa shape index (κ2) is 7.46. The summed E-state index contributed by atoms with van der Waals surface area (Å²) in [6, 6.07) is 2.56. The number of carbonyl (C=O) groups excluding carboxylic acids is 1. The van der Waals surface area contributed by atoms with Gasteiger partial charge in [-0.05, 0) is 45.2 Å². The molecule has 0 saturated carbocycles.